The van der Waals surface area contributed by atoms with E-state index < -0.39 is 5.97 Å². The molecule has 0 saturated heterocycles. The highest BCUT2D eigenvalue weighted by Gasteiger charge is 2.12. The van der Waals surface area contributed by atoms with Gasteiger partial charge >= 0.3 is 5.97 Å². The zero-order valence-corrected chi connectivity index (χ0v) is 14.1. The molecule has 0 radical (unpaired) electrons. The molecule has 0 bridgehead atoms. The van der Waals surface area contributed by atoms with Gasteiger partial charge in [0.25, 0.3) is 0 Å². The molecule has 0 aliphatic heterocycles. The standard InChI is InChI=1S/C18H18N4O3/c1-11-8-15(13(3)22(11)17-9-12(2)25-21-17)10-19-20-16-6-4-14(5-7-16)18(23)24/h4-10,20H,1-3H3,(H,23,24)/b19-10-. The molecule has 7 heteroatoms. The first kappa shape index (κ1) is 16.5. The van der Waals surface area contributed by atoms with Gasteiger partial charge in [-0.25, -0.2) is 4.79 Å². The van der Waals surface area contributed by atoms with Crippen LogP contribution in [0.25, 0.3) is 5.82 Å². The maximum atomic E-state index is 10.8. The van der Waals surface area contributed by atoms with E-state index in [1.165, 1.54) is 12.1 Å². The molecule has 2 aromatic heterocycles. The molecule has 0 fully saturated rings. The molecule has 7 nitrogen and oxygen atoms in total. The van der Waals surface area contributed by atoms with E-state index in [9.17, 15) is 4.79 Å². The highest BCUT2D eigenvalue weighted by Crippen LogP contribution is 2.19. The molecule has 0 aliphatic carbocycles. The van der Waals surface area contributed by atoms with Crippen molar-refractivity contribution in [3.8, 4) is 5.82 Å². The fourth-order valence-corrected chi connectivity index (χ4v) is 2.59. The van der Waals surface area contributed by atoms with Crippen LogP contribution in [0.3, 0.4) is 0 Å². The number of benzene rings is 1. The first-order chi connectivity index (χ1) is 12.0. The SMILES string of the molecule is Cc1cc(-n2c(C)cc(/C=N\Nc3ccc(C(=O)O)cc3)c2C)no1. The summed E-state index contributed by atoms with van der Waals surface area (Å²) in [5.74, 6) is 0.541. The molecule has 3 aromatic rings. The maximum absolute atomic E-state index is 10.8. The number of hydrogen-bond donors (Lipinski definition) is 2. The molecule has 0 amide bonds. The smallest absolute Gasteiger partial charge is 0.335 e. The Morgan fingerprint density at radius 3 is 2.56 bits per heavy atom. The number of aryl methyl sites for hydroxylation is 2. The van der Waals surface area contributed by atoms with Gasteiger partial charge in [0.15, 0.2) is 5.82 Å². The summed E-state index contributed by atoms with van der Waals surface area (Å²) in [6.45, 7) is 5.83. The Bertz CT molecular complexity index is 936. The van der Waals surface area contributed by atoms with Gasteiger partial charge in [-0.2, -0.15) is 5.10 Å². The van der Waals surface area contributed by atoms with Crippen molar-refractivity contribution in [1.82, 2.24) is 9.72 Å². The van der Waals surface area contributed by atoms with Crippen LogP contribution in [0.5, 0.6) is 0 Å². The topological polar surface area (TPSA) is 92.7 Å². The lowest BCUT2D eigenvalue weighted by Crippen LogP contribution is -2.00. The van der Waals surface area contributed by atoms with Crippen molar-refractivity contribution < 1.29 is 14.4 Å². The van der Waals surface area contributed by atoms with E-state index in [4.69, 9.17) is 9.63 Å². The Labute approximate surface area is 144 Å². The summed E-state index contributed by atoms with van der Waals surface area (Å²) in [5.41, 5.74) is 6.81. The average molecular weight is 338 g/mol. The summed E-state index contributed by atoms with van der Waals surface area (Å²) >= 11 is 0. The number of aromatic carboxylic acids is 1. The van der Waals surface area contributed by atoms with Gasteiger partial charge in [-0.1, -0.05) is 5.16 Å². The molecule has 2 heterocycles. The molecule has 0 aliphatic rings. The van der Waals surface area contributed by atoms with Gasteiger partial charge in [-0.05, 0) is 51.1 Å². The predicted molar refractivity (Wildman–Crippen MR) is 94.7 cm³/mol. The second-order valence-electron chi connectivity index (χ2n) is 5.71. The summed E-state index contributed by atoms with van der Waals surface area (Å²) in [5, 5.41) is 17.2. The van der Waals surface area contributed by atoms with Gasteiger partial charge in [0.2, 0.25) is 0 Å². The van der Waals surface area contributed by atoms with E-state index in [0.29, 0.717) is 5.69 Å². The Kier molecular flexibility index (Phi) is 4.38. The van der Waals surface area contributed by atoms with Crippen molar-refractivity contribution in [1.29, 1.82) is 0 Å². The van der Waals surface area contributed by atoms with Gasteiger partial charge in [-0.15, -0.1) is 0 Å². The lowest BCUT2D eigenvalue weighted by molar-refractivity contribution is 0.0697. The van der Waals surface area contributed by atoms with E-state index in [1.54, 1.807) is 18.3 Å². The van der Waals surface area contributed by atoms with E-state index in [-0.39, 0.29) is 5.56 Å². The number of carboxylic acid groups (broad SMARTS) is 1. The van der Waals surface area contributed by atoms with Crippen LogP contribution in [-0.2, 0) is 0 Å². The third kappa shape index (κ3) is 3.45. The number of nitrogens with zero attached hydrogens (tertiary/aromatic N) is 3. The van der Waals surface area contributed by atoms with Crippen LogP contribution in [0.4, 0.5) is 5.69 Å². The number of nitrogens with one attached hydrogen (secondary N) is 1. The maximum Gasteiger partial charge on any atom is 0.335 e. The lowest BCUT2D eigenvalue weighted by Gasteiger charge is -2.04. The first-order valence-corrected chi connectivity index (χ1v) is 7.71. The van der Waals surface area contributed by atoms with Crippen molar-refractivity contribution in [2.24, 2.45) is 5.10 Å². The number of carbonyl (C=O) groups is 1. The molecule has 1 aromatic carbocycles. The summed E-state index contributed by atoms with van der Waals surface area (Å²) in [6, 6.07) is 10.3. The monoisotopic (exact) mass is 338 g/mol. The Balaban J connectivity index is 1.77. The van der Waals surface area contributed by atoms with Crippen LogP contribution in [-0.4, -0.2) is 27.0 Å². The quantitative estimate of drug-likeness (QED) is 0.548. The minimum absolute atomic E-state index is 0.237. The summed E-state index contributed by atoms with van der Waals surface area (Å²) in [7, 11) is 0. The number of anilines is 1. The summed E-state index contributed by atoms with van der Waals surface area (Å²) in [6.07, 6.45) is 1.72. The van der Waals surface area contributed by atoms with Crippen molar-refractivity contribution in [2.75, 3.05) is 5.43 Å². The molecule has 0 spiro atoms. The van der Waals surface area contributed by atoms with Crippen LogP contribution in [0.15, 0.2) is 46.0 Å². The van der Waals surface area contributed by atoms with Gasteiger partial charge in [-0.3, -0.25) is 9.99 Å². The zero-order chi connectivity index (χ0) is 18.0. The van der Waals surface area contributed by atoms with Crippen molar-refractivity contribution in [3.05, 3.63) is 64.7 Å². The number of hydrogen-bond acceptors (Lipinski definition) is 5. The second kappa shape index (κ2) is 6.64. The lowest BCUT2D eigenvalue weighted by atomic mass is 10.2. The molecule has 25 heavy (non-hydrogen) atoms. The number of rotatable bonds is 5. The van der Waals surface area contributed by atoms with Gasteiger partial charge in [0.05, 0.1) is 17.5 Å². The van der Waals surface area contributed by atoms with Gasteiger partial charge in [0.1, 0.15) is 5.76 Å². The summed E-state index contributed by atoms with van der Waals surface area (Å²) in [4.78, 5) is 10.8. The number of aromatic nitrogens is 2. The average Bonchev–Trinajstić information content (AvgIpc) is 3.11. The molecule has 128 valence electrons. The van der Waals surface area contributed by atoms with Crippen molar-refractivity contribution in [2.45, 2.75) is 20.8 Å². The number of carboxylic acids is 1. The predicted octanol–water partition coefficient (Wildman–Crippen LogP) is 3.53. The normalized spacial score (nSPS) is 11.2. The molecule has 2 N–H and O–H groups in total. The molecule has 0 unspecified atom stereocenters. The van der Waals surface area contributed by atoms with E-state index >= 15 is 0 Å². The molecular weight excluding hydrogens is 320 g/mol. The largest absolute Gasteiger partial charge is 0.478 e. The van der Waals surface area contributed by atoms with Gasteiger partial charge < -0.3 is 9.63 Å². The van der Waals surface area contributed by atoms with Crippen molar-refractivity contribution >= 4 is 17.9 Å². The van der Waals surface area contributed by atoms with E-state index in [0.717, 1.165) is 28.5 Å². The van der Waals surface area contributed by atoms with Crippen LogP contribution < -0.4 is 5.43 Å². The zero-order valence-electron chi connectivity index (χ0n) is 14.1. The fourth-order valence-electron chi connectivity index (χ4n) is 2.59. The van der Waals surface area contributed by atoms with Gasteiger partial charge in [0, 0.05) is 23.0 Å². The van der Waals surface area contributed by atoms with Crippen LogP contribution in [0.1, 0.15) is 33.1 Å². The minimum Gasteiger partial charge on any atom is -0.478 e. The van der Waals surface area contributed by atoms with E-state index in [1.807, 2.05) is 37.5 Å². The molecule has 0 atom stereocenters. The minimum atomic E-state index is -0.953. The molecule has 0 saturated carbocycles. The Morgan fingerprint density at radius 2 is 1.96 bits per heavy atom. The number of hydrazone groups is 1. The van der Waals surface area contributed by atoms with Crippen molar-refractivity contribution in [3.63, 3.8) is 0 Å². The van der Waals surface area contributed by atoms with E-state index in [2.05, 4.69) is 15.7 Å². The fraction of sp³-hybridized carbons (Fsp3) is 0.167. The molecule has 3 rings (SSSR count). The Morgan fingerprint density at radius 1 is 1.24 bits per heavy atom. The highest BCUT2D eigenvalue weighted by molar-refractivity contribution is 5.88. The van der Waals surface area contributed by atoms with Crippen LogP contribution >= 0.6 is 0 Å². The molecular formula is C18H18N4O3. The second-order valence-corrected chi connectivity index (χ2v) is 5.71. The summed E-state index contributed by atoms with van der Waals surface area (Å²) < 4.78 is 7.14. The van der Waals surface area contributed by atoms with Crippen LogP contribution in [0.2, 0.25) is 0 Å². The van der Waals surface area contributed by atoms with Crippen LogP contribution in [0, 0.1) is 20.8 Å². The third-order valence-electron chi connectivity index (χ3n) is 3.84. The third-order valence-corrected chi connectivity index (χ3v) is 3.84. The first-order valence-electron chi connectivity index (χ1n) is 7.71. The highest BCUT2D eigenvalue weighted by atomic mass is 16.5. The Hall–Kier alpha value is -3.35.